The van der Waals surface area contributed by atoms with E-state index in [9.17, 15) is 4.79 Å². The van der Waals surface area contributed by atoms with Crippen LogP contribution in [0.3, 0.4) is 0 Å². The molecule has 0 radical (unpaired) electrons. The summed E-state index contributed by atoms with van der Waals surface area (Å²) in [6.07, 6.45) is 6.34. The number of hydrogen-bond acceptors (Lipinski definition) is 4. The molecule has 0 saturated carbocycles. The van der Waals surface area contributed by atoms with E-state index in [1.54, 1.807) is 0 Å². The third kappa shape index (κ3) is 3.27. The van der Waals surface area contributed by atoms with E-state index in [1.807, 2.05) is 15.8 Å². The number of fused-ring (bicyclic) bond motifs is 1. The summed E-state index contributed by atoms with van der Waals surface area (Å²) in [6.45, 7) is 4.54. The Morgan fingerprint density at radius 1 is 1.19 bits per heavy atom. The Balaban J connectivity index is 1.56. The number of carbonyl (C=O) groups excluding carboxylic acids is 1. The molecule has 2 aliphatic rings. The molecule has 1 aliphatic carbocycles. The molecule has 1 amide bonds. The fourth-order valence-electron chi connectivity index (χ4n) is 3.28. The summed E-state index contributed by atoms with van der Waals surface area (Å²) in [5.74, 6) is 0.185. The normalized spacial score (nSPS) is 19.6. The average Bonchev–Trinajstić information content (AvgIpc) is 2.92. The Morgan fingerprint density at radius 3 is 2.71 bits per heavy atom. The van der Waals surface area contributed by atoms with E-state index in [1.165, 1.54) is 24.2 Å². The molecule has 0 aromatic carbocycles. The average molecular weight is 292 g/mol. The molecule has 1 N–H and O–H groups in total. The van der Waals surface area contributed by atoms with Gasteiger partial charge in [-0.05, 0) is 25.7 Å². The van der Waals surface area contributed by atoms with Crippen molar-refractivity contribution in [1.29, 1.82) is 0 Å². The molecule has 1 aromatic heterocycles. The predicted octanol–water partition coefficient (Wildman–Crippen LogP) is -0.102. The van der Waals surface area contributed by atoms with Crippen molar-refractivity contribution in [2.24, 2.45) is 0 Å². The fraction of sp³-hybridized carbons (Fsp3) is 0.733. The molecule has 1 aromatic rings. The van der Waals surface area contributed by atoms with Gasteiger partial charge in [0.25, 0.3) is 0 Å². The van der Waals surface area contributed by atoms with Crippen LogP contribution in [0.1, 0.15) is 24.2 Å². The lowest BCUT2D eigenvalue weighted by atomic mass is 10.0. The molecule has 6 nitrogen and oxygen atoms in total. The van der Waals surface area contributed by atoms with Gasteiger partial charge >= 0.3 is 0 Å². The predicted molar refractivity (Wildman–Crippen MR) is 79.0 cm³/mol. The molecule has 3 rings (SSSR count). The number of aliphatic hydroxyl groups is 1. The Bertz CT molecular complexity index is 492. The van der Waals surface area contributed by atoms with E-state index < -0.39 is 0 Å². The highest BCUT2D eigenvalue weighted by molar-refractivity contribution is 5.76. The van der Waals surface area contributed by atoms with Crippen molar-refractivity contribution in [3.63, 3.8) is 0 Å². The second-order valence-corrected chi connectivity index (χ2v) is 5.92. The molecule has 1 saturated heterocycles. The maximum absolute atomic E-state index is 12.4. The van der Waals surface area contributed by atoms with Crippen LogP contribution in [-0.4, -0.2) is 69.7 Å². The maximum atomic E-state index is 12.4. The number of nitrogens with zero attached hydrogens (tertiary/aromatic N) is 4. The molecular weight excluding hydrogens is 268 g/mol. The van der Waals surface area contributed by atoms with Gasteiger partial charge in [-0.15, -0.1) is 0 Å². The van der Waals surface area contributed by atoms with Crippen molar-refractivity contribution >= 4 is 5.91 Å². The van der Waals surface area contributed by atoms with Gasteiger partial charge in [0.15, 0.2) is 0 Å². The first-order chi connectivity index (χ1) is 10.3. The molecule has 116 valence electrons. The lowest BCUT2D eigenvalue weighted by Gasteiger charge is -2.34. The Kier molecular flexibility index (Phi) is 4.55. The minimum Gasteiger partial charge on any atom is -0.395 e. The van der Waals surface area contributed by atoms with Crippen LogP contribution in [0.2, 0.25) is 0 Å². The highest BCUT2D eigenvalue weighted by atomic mass is 16.3. The summed E-state index contributed by atoms with van der Waals surface area (Å²) in [5.41, 5.74) is 2.44. The number of amides is 1. The number of piperazine rings is 1. The lowest BCUT2D eigenvalue weighted by molar-refractivity contribution is -0.133. The zero-order valence-electron chi connectivity index (χ0n) is 12.5. The second-order valence-electron chi connectivity index (χ2n) is 5.92. The molecule has 1 aliphatic heterocycles. The molecule has 6 heteroatoms. The van der Waals surface area contributed by atoms with E-state index in [-0.39, 0.29) is 12.5 Å². The highest BCUT2D eigenvalue weighted by Crippen LogP contribution is 2.20. The Hall–Kier alpha value is -1.40. The van der Waals surface area contributed by atoms with Gasteiger partial charge in [0, 0.05) is 38.4 Å². The summed E-state index contributed by atoms with van der Waals surface area (Å²) in [4.78, 5) is 21.0. The Labute approximate surface area is 125 Å². The number of aryl methyl sites for hydroxylation is 1. The standard InChI is InChI=1S/C15H24N4O2/c20-10-9-17-5-7-18(8-6-17)15(21)11-19-12-16-13-3-1-2-4-14(13)19/h12,20H,1-11H2. The molecule has 0 unspecified atom stereocenters. The second kappa shape index (κ2) is 6.58. The van der Waals surface area contributed by atoms with Gasteiger partial charge in [-0.25, -0.2) is 4.98 Å². The fourth-order valence-corrected chi connectivity index (χ4v) is 3.28. The summed E-state index contributed by atoms with van der Waals surface area (Å²) in [5, 5.41) is 8.94. The van der Waals surface area contributed by atoms with Gasteiger partial charge in [0.1, 0.15) is 6.54 Å². The molecule has 0 bridgehead atoms. The molecule has 0 spiro atoms. The Morgan fingerprint density at radius 2 is 1.95 bits per heavy atom. The minimum absolute atomic E-state index is 0.185. The number of carbonyl (C=O) groups is 1. The van der Waals surface area contributed by atoms with Gasteiger partial charge in [0.05, 0.1) is 18.6 Å². The van der Waals surface area contributed by atoms with Crippen molar-refractivity contribution in [3.05, 3.63) is 17.7 Å². The number of β-amino-alcohol motifs (C(OH)–C–C–N with tert-alkyl or cyclic N) is 1. The SMILES string of the molecule is O=C(Cn1cnc2c1CCCC2)N1CCN(CCO)CC1. The highest BCUT2D eigenvalue weighted by Gasteiger charge is 2.22. The monoisotopic (exact) mass is 292 g/mol. The molecular formula is C15H24N4O2. The van der Waals surface area contributed by atoms with Crippen LogP contribution in [0.25, 0.3) is 0 Å². The van der Waals surface area contributed by atoms with E-state index in [4.69, 9.17) is 5.11 Å². The third-order valence-corrected chi connectivity index (χ3v) is 4.56. The number of imidazole rings is 1. The number of aliphatic hydroxyl groups excluding tert-OH is 1. The largest absolute Gasteiger partial charge is 0.395 e. The summed E-state index contributed by atoms with van der Waals surface area (Å²) in [7, 11) is 0. The first-order valence-corrected chi connectivity index (χ1v) is 7.92. The van der Waals surface area contributed by atoms with Gasteiger partial charge in [-0.2, -0.15) is 0 Å². The van der Waals surface area contributed by atoms with Gasteiger partial charge in [-0.1, -0.05) is 0 Å². The van der Waals surface area contributed by atoms with Crippen molar-refractivity contribution < 1.29 is 9.90 Å². The van der Waals surface area contributed by atoms with Crippen LogP contribution < -0.4 is 0 Å². The van der Waals surface area contributed by atoms with Crippen molar-refractivity contribution in [3.8, 4) is 0 Å². The summed E-state index contributed by atoms with van der Waals surface area (Å²) >= 11 is 0. The van der Waals surface area contributed by atoms with Crippen LogP contribution in [0, 0.1) is 0 Å². The van der Waals surface area contributed by atoms with Gasteiger partial charge in [-0.3, -0.25) is 9.69 Å². The zero-order valence-corrected chi connectivity index (χ0v) is 12.5. The van der Waals surface area contributed by atoms with E-state index in [0.717, 1.165) is 39.0 Å². The number of rotatable bonds is 4. The maximum Gasteiger partial charge on any atom is 0.242 e. The molecule has 2 heterocycles. The molecule has 1 fully saturated rings. The number of hydrogen-bond donors (Lipinski definition) is 1. The summed E-state index contributed by atoms with van der Waals surface area (Å²) < 4.78 is 2.04. The number of aromatic nitrogens is 2. The quantitative estimate of drug-likeness (QED) is 0.842. The topological polar surface area (TPSA) is 61.6 Å². The first-order valence-electron chi connectivity index (χ1n) is 7.92. The van der Waals surface area contributed by atoms with Gasteiger partial charge in [0.2, 0.25) is 5.91 Å². The lowest BCUT2D eigenvalue weighted by Crippen LogP contribution is -2.50. The van der Waals surface area contributed by atoms with Gasteiger partial charge < -0.3 is 14.6 Å². The van der Waals surface area contributed by atoms with Crippen molar-refractivity contribution in [2.45, 2.75) is 32.2 Å². The van der Waals surface area contributed by atoms with Crippen LogP contribution in [-0.2, 0) is 24.2 Å². The van der Waals surface area contributed by atoms with Crippen LogP contribution in [0.15, 0.2) is 6.33 Å². The van der Waals surface area contributed by atoms with E-state index in [0.29, 0.717) is 13.1 Å². The van der Waals surface area contributed by atoms with E-state index >= 15 is 0 Å². The van der Waals surface area contributed by atoms with Crippen LogP contribution >= 0.6 is 0 Å². The third-order valence-electron chi connectivity index (χ3n) is 4.56. The van der Waals surface area contributed by atoms with Crippen LogP contribution in [0.4, 0.5) is 0 Å². The van der Waals surface area contributed by atoms with Crippen molar-refractivity contribution in [1.82, 2.24) is 19.4 Å². The smallest absolute Gasteiger partial charge is 0.242 e. The van der Waals surface area contributed by atoms with Crippen molar-refractivity contribution in [2.75, 3.05) is 39.3 Å². The minimum atomic E-state index is 0.185. The molecule has 0 atom stereocenters. The first kappa shape index (κ1) is 14.5. The summed E-state index contributed by atoms with van der Waals surface area (Å²) in [6, 6.07) is 0. The van der Waals surface area contributed by atoms with Crippen LogP contribution in [0.5, 0.6) is 0 Å². The zero-order chi connectivity index (χ0) is 14.7. The molecule has 21 heavy (non-hydrogen) atoms. The van der Waals surface area contributed by atoms with E-state index in [2.05, 4.69) is 9.88 Å².